The van der Waals surface area contributed by atoms with Crippen molar-refractivity contribution in [3.8, 4) is 0 Å². The highest BCUT2D eigenvalue weighted by Crippen LogP contribution is 2.25. The Kier molecular flexibility index (Phi) is 3.37. The van der Waals surface area contributed by atoms with Gasteiger partial charge in [0.15, 0.2) is 0 Å². The molecule has 0 atom stereocenters. The third-order valence-electron chi connectivity index (χ3n) is 3.84. The smallest absolute Gasteiger partial charge is 0.293 e. The van der Waals surface area contributed by atoms with Crippen LogP contribution in [0.15, 0.2) is 18.2 Å². The molecule has 2 aromatic rings. The Morgan fingerprint density at radius 1 is 1.43 bits per heavy atom. The van der Waals surface area contributed by atoms with E-state index in [1.54, 1.807) is 4.90 Å². The first-order chi connectivity index (χ1) is 10.1. The average molecular weight is 285 g/mol. The number of nitrogens with one attached hydrogen (secondary N) is 1. The Balaban J connectivity index is 1.82. The van der Waals surface area contributed by atoms with Gasteiger partial charge in [-0.2, -0.15) is 0 Å². The van der Waals surface area contributed by atoms with Crippen LogP contribution in [-0.4, -0.2) is 32.5 Å². The molecule has 1 aliphatic heterocycles. The first-order valence-electron chi connectivity index (χ1n) is 7.14. The third-order valence-corrected chi connectivity index (χ3v) is 3.84. The maximum absolute atomic E-state index is 12.5. The number of aromatic nitrogens is 3. The predicted octanol–water partition coefficient (Wildman–Crippen LogP) is 1.71. The van der Waals surface area contributed by atoms with Gasteiger partial charge in [-0.25, -0.2) is 4.98 Å². The second-order valence-corrected chi connectivity index (χ2v) is 5.66. The summed E-state index contributed by atoms with van der Waals surface area (Å²) in [6.45, 7) is 5.20. The van der Waals surface area contributed by atoms with Gasteiger partial charge in [0.1, 0.15) is 5.82 Å². The zero-order valence-electron chi connectivity index (χ0n) is 12.3. The molecule has 1 amide bonds. The molecule has 0 unspecified atom stereocenters. The number of nitrogens with zero attached hydrogens (tertiary/aromatic N) is 3. The minimum atomic E-state index is -0.146. The molecule has 0 saturated heterocycles. The van der Waals surface area contributed by atoms with E-state index in [9.17, 15) is 4.79 Å². The minimum Gasteiger partial charge on any atom is -0.398 e. The molecule has 3 rings (SSSR count). The van der Waals surface area contributed by atoms with Crippen LogP contribution in [0.4, 0.5) is 5.69 Å². The van der Waals surface area contributed by atoms with E-state index in [0.29, 0.717) is 13.1 Å². The number of fused-ring (bicyclic) bond motifs is 1. The van der Waals surface area contributed by atoms with Crippen molar-refractivity contribution in [3.63, 3.8) is 0 Å². The van der Waals surface area contributed by atoms with Crippen molar-refractivity contribution >= 4 is 11.6 Å². The molecule has 0 bridgehead atoms. The molecular formula is C15H19N5O. The number of nitrogens with two attached hydrogens (primary N) is 1. The van der Waals surface area contributed by atoms with Gasteiger partial charge in [0.05, 0.1) is 0 Å². The lowest BCUT2D eigenvalue weighted by molar-refractivity contribution is 0.0723. The van der Waals surface area contributed by atoms with E-state index in [4.69, 9.17) is 5.73 Å². The molecule has 0 aliphatic carbocycles. The summed E-state index contributed by atoms with van der Waals surface area (Å²) in [5.74, 6) is 1.04. The number of nitrogen functional groups attached to an aromatic ring is 1. The van der Waals surface area contributed by atoms with Crippen molar-refractivity contribution in [1.82, 2.24) is 20.1 Å². The van der Waals surface area contributed by atoms with Crippen LogP contribution in [0, 0.1) is 0 Å². The number of anilines is 1. The third kappa shape index (κ3) is 2.49. The van der Waals surface area contributed by atoms with Gasteiger partial charge in [0.2, 0.25) is 5.82 Å². The van der Waals surface area contributed by atoms with Crippen molar-refractivity contribution < 1.29 is 4.79 Å². The number of hydrogen-bond acceptors (Lipinski definition) is 4. The summed E-state index contributed by atoms with van der Waals surface area (Å²) < 4.78 is 0. The van der Waals surface area contributed by atoms with Gasteiger partial charge < -0.3 is 10.6 Å². The Morgan fingerprint density at radius 2 is 2.24 bits per heavy atom. The summed E-state index contributed by atoms with van der Waals surface area (Å²) in [6, 6.07) is 5.89. The summed E-state index contributed by atoms with van der Waals surface area (Å²) in [6.07, 6.45) is 0.813. The van der Waals surface area contributed by atoms with Crippen LogP contribution < -0.4 is 5.73 Å². The number of carbonyl (C=O) groups is 1. The van der Waals surface area contributed by atoms with Gasteiger partial charge in [-0.3, -0.25) is 9.89 Å². The van der Waals surface area contributed by atoms with Crippen LogP contribution in [0.3, 0.4) is 0 Å². The Bertz CT molecular complexity index is 676. The number of amides is 1. The van der Waals surface area contributed by atoms with Gasteiger partial charge in [-0.15, -0.1) is 5.10 Å². The zero-order chi connectivity index (χ0) is 15.0. The molecule has 1 aliphatic rings. The normalized spacial score (nSPS) is 14.3. The van der Waals surface area contributed by atoms with Gasteiger partial charge in [-0.1, -0.05) is 26.0 Å². The SMILES string of the molecule is CC(C)c1nc(C(=O)N2CCc3cccc(N)c3C2)n[nH]1. The molecule has 0 fully saturated rings. The first kappa shape index (κ1) is 13.6. The Morgan fingerprint density at radius 3 is 2.95 bits per heavy atom. The standard InChI is InChI=1S/C15H19N5O/c1-9(2)13-17-14(19-18-13)15(21)20-7-6-10-4-3-5-12(16)11(10)8-20/h3-5,9H,6-8,16H2,1-2H3,(H,17,18,19). The number of carbonyl (C=O) groups excluding carboxylic acids is 1. The zero-order valence-corrected chi connectivity index (χ0v) is 12.3. The Hall–Kier alpha value is -2.37. The highest BCUT2D eigenvalue weighted by atomic mass is 16.2. The van der Waals surface area contributed by atoms with E-state index in [0.717, 1.165) is 23.5 Å². The maximum atomic E-state index is 12.5. The largest absolute Gasteiger partial charge is 0.398 e. The van der Waals surface area contributed by atoms with Crippen molar-refractivity contribution in [3.05, 3.63) is 41.0 Å². The number of aromatic amines is 1. The van der Waals surface area contributed by atoms with Crippen molar-refractivity contribution in [1.29, 1.82) is 0 Å². The Labute approximate surface area is 123 Å². The average Bonchev–Trinajstić information content (AvgIpc) is 2.97. The molecule has 0 saturated carbocycles. The van der Waals surface area contributed by atoms with Crippen LogP contribution in [0.1, 0.15) is 47.3 Å². The number of rotatable bonds is 2. The molecule has 1 aromatic heterocycles. The molecule has 3 N–H and O–H groups in total. The number of hydrogen-bond donors (Lipinski definition) is 2. The van der Waals surface area contributed by atoms with Gasteiger partial charge in [0.25, 0.3) is 5.91 Å². The molecule has 21 heavy (non-hydrogen) atoms. The van der Waals surface area contributed by atoms with Crippen LogP contribution in [-0.2, 0) is 13.0 Å². The summed E-state index contributed by atoms with van der Waals surface area (Å²) in [5.41, 5.74) is 9.01. The van der Waals surface area contributed by atoms with Crippen molar-refractivity contribution in [2.24, 2.45) is 0 Å². The fraction of sp³-hybridized carbons (Fsp3) is 0.400. The topological polar surface area (TPSA) is 87.9 Å². The fourth-order valence-electron chi connectivity index (χ4n) is 2.55. The lowest BCUT2D eigenvalue weighted by atomic mass is 9.98. The molecule has 1 aromatic carbocycles. The summed E-state index contributed by atoms with van der Waals surface area (Å²) in [7, 11) is 0. The summed E-state index contributed by atoms with van der Waals surface area (Å²) >= 11 is 0. The van der Waals surface area contributed by atoms with Gasteiger partial charge >= 0.3 is 0 Å². The van der Waals surface area contributed by atoms with E-state index in [1.165, 1.54) is 5.56 Å². The number of benzene rings is 1. The highest BCUT2D eigenvalue weighted by molar-refractivity contribution is 5.90. The second kappa shape index (κ2) is 5.20. The highest BCUT2D eigenvalue weighted by Gasteiger charge is 2.25. The van der Waals surface area contributed by atoms with E-state index in [1.807, 2.05) is 26.0 Å². The van der Waals surface area contributed by atoms with Gasteiger partial charge in [-0.05, 0) is 23.6 Å². The maximum Gasteiger partial charge on any atom is 0.293 e. The van der Waals surface area contributed by atoms with E-state index in [2.05, 4.69) is 21.2 Å². The minimum absolute atomic E-state index is 0.146. The number of H-pyrrole nitrogens is 1. The molecule has 2 heterocycles. The van der Waals surface area contributed by atoms with Crippen LogP contribution in [0.2, 0.25) is 0 Å². The van der Waals surface area contributed by atoms with Crippen molar-refractivity contribution in [2.75, 3.05) is 12.3 Å². The lowest BCUT2D eigenvalue weighted by Gasteiger charge is -2.28. The summed E-state index contributed by atoms with van der Waals surface area (Å²) in [4.78, 5) is 18.5. The van der Waals surface area contributed by atoms with Crippen LogP contribution in [0.25, 0.3) is 0 Å². The molecule has 6 nitrogen and oxygen atoms in total. The second-order valence-electron chi connectivity index (χ2n) is 5.66. The van der Waals surface area contributed by atoms with E-state index >= 15 is 0 Å². The van der Waals surface area contributed by atoms with Crippen LogP contribution in [0.5, 0.6) is 0 Å². The van der Waals surface area contributed by atoms with E-state index < -0.39 is 0 Å². The molecule has 0 spiro atoms. The quantitative estimate of drug-likeness (QED) is 0.822. The lowest BCUT2D eigenvalue weighted by Crippen LogP contribution is -2.37. The van der Waals surface area contributed by atoms with E-state index in [-0.39, 0.29) is 17.6 Å². The first-order valence-corrected chi connectivity index (χ1v) is 7.14. The van der Waals surface area contributed by atoms with Crippen LogP contribution >= 0.6 is 0 Å². The monoisotopic (exact) mass is 285 g/mol. The fourth-order valence-corrected chi connectivity index (χ4v) is 2.55. The molecular weight excluding hydrogens is 266 g/mol. The van der Waals surface area contributed by atoms with Crippen molar-refractivity contribution in [2.45, 2.75) is 32.7 Å². The predicted molar refractivity (Wildman–Crippen MR) is 79.8 cm³/mol. The molecule has 0 radical (unpaired) electrons. The molecule has 6 heteroatoms. The van der Waals surface area contributed by atoms with Gasteiger partial charge in [0, 0.05) is 24.7 Å². The molecule has 110 valence electrons. The summed E-state index contributed by atoms with van der Waals surface area (Å²) in [5, 5.41) is 6.85.